The Morgan fingerprint density at radius 2 is 2.31 bits per heavy atom. The van der Waals surface area contributed by atoms with E-state index in [-0.39, 0.29) is 0 Å². The fraction of sp³-hybridized carbons (Fsp3) is 0.300. The Kier molecular flexibility index (Phi) is 3.66. The molecular formula is C10H11NOS. The summed E-state index contributed by atoms with van der Waals surface area (Å²) in [5.74, 6) is 1.31. The van der Waals surface area contributed by atoms with Gasteiger partial charge >= 0.3 is 0 Å². The van der Waals surface area contributed by atoms with E-state index in [4.69, 9.17) is 10.00 Å². The third-order valence-electron chi connectivity index (χ3n) is 1.61. The molecule has 0 atom stereocenters. The molecule has 0 aliphatic heterocycles. The van der Waals surface area contributed by atoms with E-state index >= 15 is 0 Å². The monoisotopic (exact) mass is 193 g/mol. The van der Waals surface area contributed by atoms with Crippen LogP contribution < -0.4 is 4.74 Å². The van der Waals surface area contributed by atoms with Crippen molar-refractivity contribution in [2.75, 3.05) is 12.9 Å². The second kappa shape index (κ2) is 4.78. The Balaban J connectivity index is 2.87. The number of benzene rings is 1. The van der Waals surface area contributed by atoms with E-state index in [1.165, 1.54) is 11.8 Å². The minimum atomic E-state index is 0.458. The molecule has 68 valence electrons. The van der Waals surface area contributed by atoms with E-state index in [2.05, 4.69) is 6.07 Å². The number of ether oxygens (including phenoxy) is 1. The quantitative estimate of drug-likeness (QED) is 0.692. The van der Waals surface area contributed by atoms with Crippen LogP contribution in [0.5, 0.6) is 5.75 Å². The lowest BCUT2D eigenvalue weighted by atomic mass is 10.2. The lowest BCUT2D eigenvalue weighted by Crippen LogP contribution is -1.87. The summed E-state index contributed by atoms with van der Waals surface area (Å²) in [7, 11) is 1.64. The maximum Gasteiger partial charge on any atom is 0.132 e. The van der Waals surface area contributed by atoms with Crippen LogP contribution >= 0.6 is 11.8 Å². The molecule has 2 nitrogen and oxygen atoms in total. The fourth-order valence-electron chi connectivity index (χ4n) is 1.00. The number of hydrogen-bond donors (Lipinski definition) is 0. The molecule has 1 aromatic carbocycles. The van der Waals surface area contributed by atoms with Gasteiger partial charge in [-0.15, -0.1) is 11.8 Å². The van der Waals surface area contributed by atoms with Gasteiger partial charge < -0.3 is 4.74 Å². The molecule has 0 N–H and O–H groups in total. The summed E-state index contributed by atoms with van der Waals surface area (Å²) >= 11 is 1.49. The highest BCUT2D eigenvalue weighted by Crippen LogP contribution is 2.29. The van der Waals surface area contributed by atoms with Gasteiger partial charge in [-0.25, -0.2) is 0 Å². The first-order valence-corrected chi connectivity index (χ1v) is 4.91. The minimum Gasteiger partial charge on any atom is -0.496 e. The standard InChI is InChI=1S/C10H11NOS/c1-8-3-4-10(13-6-5-11)9(7-8)12-2/h3-4,7H,6H2,1-2H3. The molecule has 0 fully saturated rings. The highest BCUT2D eigenvalue weighted by atomic mass is 32.2. The Morgan fingerprint density at radius 1 is 1.54 bits per heavy atom. The van der Waals surface area contributed by atoms with Crippen LogP contribution in [0.3, 0.4) is 0 Å². The topological polar surface area (TPSA) is 33.0 Å². The molecule has 0 spiro atoms. The average molecular weight is 193 g/mol. The molecule has 1 aromatic rings. The summed E-state index contributed by atoms with van der Waals surface area (Å²) < 4.78 is 5.19. The number of nitriles is 1. The van der Waals surface area contributed by atoms with Gasteiger partial charge in [0.15, 0.2) is 0 Å². The molecule has 0 heterocycles. The number of hydrogen-bond acceptors (Lipinski definition) is 3. The SMILES string of the molecule is COc1cc(C)ccc1SCC#N. The fourth-order valence-corrected chi connectivity index (χ4v) is 1.67. The van der Waals surface area contributed by atoms with Crippen molar-refractivity contribution in [2.24, 2.45) is 0 Å². The zero-order valence-electron chi connectivity index (χ0n) is 7.70. The van der Waals surface area contributed by atoms with Crippen molar-refractivity contribution in [3.63, 3.8) is 0 Å². The van der Waals surface area contributed by atoms with Gasteiger partial charge in [-0.3, -0.25) is 0 Å². The van der Waals surface area contributed by atoms with Gasteiger partial charge in [0.1, 0.15) is 5.75 Å². The van der Waals surface area contributed by atoms with Crippen molar-refractivity contribution in [1.82, 2.24) is 0 Å². The van der Waals surface area contributed by atoms with E-state index in [9.17, 15) is 0 Å². The third kappa shape index (κ3) is 2.67. The molecule has 3 heteroatoms. The zero-order chi connectivity index (χ0) is 9.68. The van der Waals surface area contributed by atoms with E-state index < -0.39 is 0 Å². The summed E-state index contributed by atoms with van der Waals surface area (Å²) in [6.07, 6.45) is 0. The number of thioether (sulfide) groups is 1. The van der Waals surface area contributed by atoms with E-state index in [1.807, 2.05) is 25.1 Å². The summed E-state index contributed by atoms with van der Waals surface area (Å²) in [6, 6.07) is 8.06. The van der Waals surface area contributed by atoms with Crippen LogP contribution in [0.15, 0.2) is 23.1 Å². The van der Waals surface area contributed by atoms with Crippen molar-refractivity contribution in [3.8, 4) is 11.8 Å². The van der Waals surface area contributed by atoms with Crippen molar-refractivity contribution < 1.29 is 4.74 Å². The predicted molar refractivity (Wildman–Crippen MR) is 54.1 cm³/mol. The third-order valence-corrected chi connectivity index (χ3v) is 2.53. The van der Waals surface area contributed by atoms with Crippen LogP contribution in [0, 0.1) is 18.3 Å². The van der Waals surface area contributed by atoms with Crippen LogP contribution in [0.4, 0.5) is 0 Å². The normalized spacial score (nSPS) is 9.31. The Labute approximate surface area is 82.5 Å². The molecule has 0 aliphatic rings. The number of methoxy groups -OCH3 is 1. The summed E-state index contributed by atoms with van der Waals surface area (Å²) in [5.41, 5.74) is 1.16. The number of rotatable bonds is 3. The van der Waals surface area contributed by atoms with Gasteiger partial charge in [0.25, 0.3) is 0 Å². The summed E-state index contributed by atoms with van der Waals surface area (Å²) in [5, 5.41) is 8.43. The maximum absolute atomic E-state index is 8.43. The molecule has 0 radical (unpaired) electrons. The van der Waals surface area contributed by atoms with Gasteiger partial charge in [0.2, 0.25) is 0 Å². The van der Waals surface area contributed by atoms with E-state index in [1.54, 1.807) is 7.11 Å². The molecule has 0 aliphatic carbocycles. The first-order valence-electron chi connectivity index (χ1n) is 3.92. The van der Waals surface area contributed by atoms with Crippen LogP contribution in [0.2, 0.25) is 0 Å². The van der Waals surface area contributed by atoms with E-state index in [0.717, 1.165) is 16.2 Å². The van der Waals surface area contributed by atoms with Crippen LogP contribution in [0.25, 0.3) is 0 Å². The Hall–Kier alpha value is -1.14. The minimum absolute atomic E-state index is 0.458. The maximum atomic E-state index is 8.43. The predicted octanol–water partition coefficient (Wildman–Crippen LogP) is 2.62. The van der Waals surface area contributed by atoms with Crippen molar-refractivity contribution >= 4 is 11.8 Å². The molecule has 0 bridgehead atoms. The molecule has 0 unspecified atom stereocenters. The van der Waals surface area contributed by atoms with Gasteiger partial charge in [-0.2, -0.15) is 5.26 Å². The lowest BCUT2D eigenvalue weighted by Gasteiger charge is -2.06. The largest absolute Gasteiger partial charge is 0.496 e. The van der Waals surface area contributed by atoms with Crippen LogP contribution in [0.1, 0.15) is 5.56 Å². The van der Waals surface area contributed by atoms with Gasteiger partial charge in [0.05, 0.1) is 23.8 Å². The Bertz CT molecular complexity index is 330. The van der Waals surface area contributed by atoms with Gasteiger partial charge in [-0.05, 0) is 24.6 Å². The van der Waals surface area contributed by atoms with E-state index in [0.29, 0.717) is 5.75 Å². The summed E-state index contributed by atoms with van der Waals surface area (Å²) in [4.78, 5) is 1.02. The van der Waals surface area contributed by atoms with Crippen LogP contribution in [-0.4, -0.2) is 12.9 Å². The molecule has 0 saturated carbocycles. The average Bonchev–Trinajstić information content (AvgIpc) is 2.16. The molecule has 0 aromatic heterocycles. The number of nitrogens with zero attached hydrogens (tertiary/aromatic N) is 1. The van der Waals surface area contributed by atoms with Crippen molar-refractivity contribution in [3.05, 3.63) is 23.8 Å². The highest BCUT2D eigenvalue weighted by Gasteiger charge is 2.02. The van der Waals surface area contributed by atoms with Crippen molar-refractivity contribution in [2.45, 2.75) is 11.8 Å². The molecular weight excluding hydrogens is 182 g/mol. The second-order valence-electron chi connectivity index (χ2n) is 2.60. The number of aryl methyl sites for hydroxylation is 1. The second-order valence-corrected chi connectivity index (χ2v) is 3.62. The van der Waals surface area contributed by atoms with Gasteiger partial charge in [-0.1, -0.05) is 6.07 Å². The van der Waals surface area contributed by atoms with Crippen LogP contribution in [-0.2, 0) is 0 Å². The first-order chi connectivity index (χ1) is 6.27. The zero-order valence-corrected chi connectivity index (χ0v) is 8.52. The Morgan fingerprint density at radius 3 is 2.92 bits per heavy atom. The molecule has 13 heavy (non-hydrogen) atoms. The molecule has 0 saturated heterocycles. The van der Waals surface area contributed by atoms with Gasteiger partial charge in [0, 0.05) is 0 Å². The molecule has 0 amide bonds. The summed E-state index contributed by atoms with van der Waals surface area (Å²) in [6.45, 7) is 2.02. The highest BCUT2D eigenvalue weighted by molar-refractivity contribution is 7.99. The smallest absolute Gasteiger partial charge is 0.132 e. The first kappa shape index (κ1) is 9.94. The molecule has 1 rings (SSSR count). The van der Waals surface area contributed by atoms with Crippen molar-refractivity contribution in [1.29, 1.82) is 5.26 Å². The lowest BCUT2D eigenvalue weighted by molar-refractivity contribution is 0.404.